The highest BCUT2D eigenvalue weighted by Crippen LogP contribution is 2.17. The van der Waals surface area contributed by atoms with Gasteiger partial charge in [0.25, 0.3) is 0 Å². The SMILES string of the molecule is O=C(CCBr)c1ccc(CCl)cc1I. The molecule has 0 atom stereocenters. The quantitative estimate of drug-likeness (QED) is 0.434. The third-order valence-corrected chi connectivity index (χ3v) is 3.41. The van der Waals surface area contributed by atoms with Crippen molar-refractivity contribution in [2.24, 2.45) is 0 Å². The number of benzene rings is 1. The minimum Gasteiger partial charge on any atom is -0.294 e. The Morgan fingerprint density at radius 1 is 1.50 bits per heavy atom. The lowest BCUT2D eigenvalue weighted by atomic mass is 10.1. The lowest BCUT2D eigenvalue weighted by Crippen LogP contribution is -2.02. The van der Waals surface area contributed by atoms with Crippen molar-refractivity contribution in [3.05, 3.63) is 32.9 Å². The number of halogens is 3. The zero-order valence-electron chi connectivity index (χ0n) is 7.40. The maximum atomic E-state index is 11.6. The van der Waals surface area contributed by atoms with E-state index in [1.807, 2.05) is 18.2 Å². The van der Waals surface area contributed by atoms with Gasteiger partial charge in [-0.05, 0) is 34.2 Å². The van der Waals surface area contributed by atoms with E-state index in [1.165, 1.54) is 0 Å². The van der Waals surface area contributed by atoms with E-state index in [-0.39, 0.29) is 5.78 Å². The second-order valence-electron chi connectivity index (χ2n) is 2.81. The van der Waals surface area contributed by atoms with Crippen molar-refractivity contribution >= 4 is 55.9 Å². The first kappa shape index (κ1) is 12.5. The van der Waals surface area contributed by atoms with Crippen LogP contribution in [-0.4, -0.2) is 11.1 Å². The molecule has 0 bridgehead atoms. The molecule has 0 heterocycles. The van der Waals surface area contributed by atoms with Gasteiger partial charge in [-0.1, -0.05) is 28.1 Å². The Morgan fingerprint density at radius 2 is 2.21 bits per heavy atom. The fourth-order valence-corrected chi connectivity index (χ4v) is 2.50. The first-order valence-corrected chi connectivity index (χ1v) is 6.86. The van der Waals surface area contributed by atoms with Gasteiger partial charge in [-0.25, -0.2) is 0 Å². The molecule has 4 heteroatoms. The van der Waals surface area contributed by atoms with Crippen molar-refractivity contribution < 1.29 is 4.79 Å². The van der Waals surface area contributed by atoms with Crippen molar-refractivity contribution in [2.45, 2.75) is 12.3 Å². The van der Waals surface area contributed by atoms with E-state index >= 15 is 0 Å². The molecular weight excluding hydrogens is 378 g/mol. The predicted octanol–water partition coefficient (Wildman–Crippen LogP) is 4.00. The van der Waals surface area contributed by atoms with Crippen molar-refractivity contribution in [3.63, 3.8) is 0 Å². The molecule has 1 nitrogen and oxygen atoms in total. The molecule has 0 spiro atoms. The summed E-state index contributed by atoms with van der Waals surface area (Å²) in [7, 11) is 0. The number of carbonyl (C=O) groups is 1. The second kappa shape index (κ2) is 6.08. The summed E-state index contributed by atoms with van der Waals surface area (Å²) in [5.41, 5.74) is 1.84. The standard InChI is InChI=1S/C10H9BrClIO/c11-4-3-10(14)8-2-1-7(6-12)5-9(8)13/h1-2,5H,3-4,6H2. The Bertz CT molecular complexity index is 341. The molecule has 1 rings (SSSR count). The molecule has 1 aromatic rings. The smallest absolute Gasteiger partial charge is 0.164 e. The first-order valence-electron chi connectivity index (χ1n) is 4.12. The minimum atomic E-state index is 0.174. The van der Waals surface area contributed by atoms with Gasteiger partial charge < -0.3 is 0 Å². The van der Waals surface area contributed by atoms with Crippen LogP contribution in [-0.2, 0) is 5.88 Å². The van der Waals surface area contributed by atoms with Crippen molar-refractivity contribution in [1.82, 2.24) is 0 Å². The minimum absolute atomic E-state index is 0.174. The highest BCUT2D eigenvalue weighted by molar-refractivity contribution is 14.1. The van der Waals surface area contributed by atoms with E-state index in [0.29, 0.717) is 17.6 Å². The number of hydrogen-bond donors (Lipinski definition) is 0. The van der Waals surface area contributed by atoms with Gasteiger partial charge in [0, 0.05) is 26.8 Å². The Labute approximate surface area is 110 Å². The summed E-state index contributed by atoms with van der Waals surface area (Å²) in [6, 6.07) is 5.70. The lowest BCUT2D eigenvalue weighted by Gasteiger charge is -2.03. The predicted molar refractivity (Wildman–Crippen MR) is 71.5 cm³/mol. The molecule has 0 unspecified atom stereocenters. The highest BCUT2D eigenvalue weighted by atomic mass is 127. The second-order valence-corrected chi connectivity index (χ2v) is 5.03. The van der Waals surface area contributed by atoms with E-state index in [0.717, 1.165) is 14.7 Å². The van der Waals surface area contributed by atoms with Gasteiger partial charge in [-0.2, -0.15) is 0 Å². The van der Waals surface area contributed by atoms with Gasteiger partial charge in [0.15, 0.2) is 5.78 Å². The molecule has 14 heavy (non-hydrogen) atoms. The summed E-state index contributed by atoms with van der Waals surface area (Å²) in [6.45, 7) is 0. The average molecular weight is 387 g/mol. The number of ketones is 1. The summed E-state index contributed by atoms with van der Waals surface area (Å²) in [5, 5.41) is 0.708. The summed E-state index contributed by atoms with van der Waals surface area (Å²) in [4.78, 5) is 11.6. The topological polar surface area (TPSA) is 17.1 Å². The van der Waals surface area contributed by atoms with Crippen LogP contribution in [0.5, 0.6) is 0 Å². The fourth-order valence-electron chi connectivity index (χ4n) is 1.09. The molecule has 0 saturated heterocycles. The molecular formula is C10H9BrClIO. The molecule has 1 aromatic carbocycles. The summed E-state index contributed by atoms with van der Waals surface area (Å²) >= 11 is 11.1. The largest absolute Gasteiger partial charge is 0.294 e. The normalized spacial score (nSPS) is 10.2. The third-order valence-electron chi connectivity index (χ3n) is 1.81. The zero-order valence-corrected chi connectivity index (χ0v) is 11.9. The Hall–Kier alpha value is 0.390. The molecule has 0 fully saturated rings. The fraction of sp³-hybridized carbons (Fsp3) is 0.300. The number of rotatable bonds is 4. The van der Waals surface area contributed by atoms with Gasteiger partial charge in [0.1, 0.15) is 0 Å². The van der Waals surface area contributed by atoms with Crippen molar-refractivity contribution in [3.8, 4) is 0 Å². The third kappa shape index (κ3) is 3.21. The van der Waals surface area contributed by atoms with Crippen LogP contribution < -0.4 is 0 Å². The number of Topliss-reactive ketones (excluding diaryl/α,β-unsaturated/α-hetero) is 1. The van der Waals surface area contributed by atoms with Crippen LogP contribution in [0.15, 0.2) is 18.2 Å². The van der Waals surface area contributed by atoms with E-state index in [9.17, 15) is 4.79 Å². The molecule has 0 aliphatic carbocycles. The monoisotopic (exact) mass is 386 g/mol. The van der Waals surface area contributed by atoms with Gasteiger partial charge in [-0.3, -0.25) is 4.79 Å². The van der Waals surface area contributed by atoms with Crippen molar-refractivity contribution in [1.29, 1.82) is 0 Å². The lowest BCUT2D eigenvalue weighted by molar-refractivity contribution is 0.0989. The van der Waals surface area contributed by atoms with Gasteiger partial charge in [0.05, 0.1) is 0 Å². The van der Waals surface area contributed by atoms with E-state index in [2.05, 4.69) is 38.5 Å². The first-order chi connectivity index (χ1) is 6.69. The van der Waals surface area contributed by atoms with Crippen LogP contribution in [0.1, 0.15) is 22.3 Å². The molecule has 0 N–H and O–H groups in total. The van der Waals surface area contributed by atoms with Crippen molar-refractivity contribution in [2.75, 3.05) is 5.33 Å². The molecule has 0 aromatic heterocycles. The molecule has 0 aliphatic heterocycles. The molecule has 0 aliphatic rings. The summed E-state index contributed by atoms with van der Waals surface area (Å²) in [5.74, 6) is 0.663. The maximum absolute atomic E-state index is 11.6. The van der Waals surface area contributed by atoms with Gasteiger partial charge >= 0.3 is 0 Å². The van der Waals surface area contributed by atoms with Crippen LogP contribution in [0.2, 0.25) is 0 Å². The Morgan fingerprint density at radius 3 is 2.71 bits per heavy atom. The Kier molecular flexibility index (Phi) is 5.41. The van der Waals surface area contributed by atoms with E-state index in [1.54, 1.807) is 0 Å². The molecule has 76 valence electrons. The van der Waals surface area contributed by atoms with E-state index < -0.39 is 0 Å². The average Bonchev–Trinajstić information content (AvgIpc) is 2.17. The summed E-state index contributed by atoms with van der Waals surface area (Å²) in [6.07, 6.45) is 0.538. The van der Waals surface area contributed by atoms with Crippen LogP contribution in [0.4, 0.5) is 0 Å². The number of carbonyl (C=O) groups excluding carboxylic acids is 1. The molecule has 0 saturated carbocycles. The number of alkyl halides is 2. The number of hydrogen-bond acceptors (Lipinski definition) is 1. The van der Waals surface area contributed by atoms with Crippen LogP contribution in [0.3, 0.4) is 0 Å². The van der Waals surface area contributed by atoms with Crippen LogP contribution in [0, 0.1) is 3.57 Å². The van der Waals surface area contributed by atoms with Crippen LogP contribution >= 0.6 is 50.1 Å². The van der Waals surface area contributed by atoms with Gasteiger partial charge in [0.2, 0.25) is 0 Å². The highest BCUT2D eigenvalue weighted by Gasteiger charge is 2.09. The van der Waals surface area contributed by atoms with Crippen LogP contribution in [0.25, 0.3) is 0 Å². The molecule has 0 amide bonds. The maximum Gasteiger partial charge on any atom is 0.164 e. The Balaban J connectivity index is 2.94. The summed E-state index contributed by atoms with van der Waals surface area (Å²) < 4.78 is 0.978. The molecule has 0 radical (unpaired) electrons. The van der Waals surface area contributed by atoms with E-state index in [4.69, 9.17) is 11.6 Å². The van der Waals surface area contributed by atoms with Gasteiger partial charge in [-0.15, -0.1) is 11.6 Å². The zero-order chi connectivity index (χ0) is 10.6.